The van der Waals surface area contributed by atoms with Crippen LogP contribution in [0.4, 0.5) is 5.82 Å². The SMILES string of the molecule is CC(C)Nc1n[nH]c2c1CCCC2C. The molecule has 0 bridgehead atoms. The molecule has 2 rings (SSSR count). The highest BCUT2D eigenvalue weighted by Gasteiger charge is 2.22. The van der Waals surface area contributed by atoms with E-state index in [-0.39, 0.29) is 0 Å². The highest BCUT2D eigenvalue weighted by molar-refractivity contribution is 5.49. The maximum absolute atomic E-state index is 4.35. The minimum absolute atomic E-state index is 0.458. The van der Waals surface area contributed by atoms with E-state index in [9.17, 15) is 0 Å². The summed E-state index contributed by atoms with van der Waals surface area (Å²) in [4.78, 5) is 0. The molecule has 0 radical (unpaired) electrons. The molecule has 0 aliphatic heterocycles. The van der Waals surface area contributed by atoms with Gasteiger partial charge in [-0.05, 0) is 39.0 Å². The van der Waals surface area contributed by atoms with Crippen molar-refractivity contribution in [1.29, 1.82) is 0 Å². The van der Waals surface area contributed by atoms with Crippen molar-refractivity contribution in [2.45, 2.75) is 52.0 Å². The lowest BCUT2D eigenvalue weighted by Gasteiger charge is -2.18. The van der Waals surface area contributed by atoms with Crippen molar-refractivity contribution < 1.29 is 0 Å². The summed E-state index contributed by atoms with van der Waals surface area (Å²) in [6, 6.07) is 0.458. The molecule has 1 aliphatic carbocycles. The maximum Gasteiger partial charge on any atom is 0.151 e. The zero-order chi connectivity index (χ0) is 10.1. The smallest absolute Gasteiger partial charge is 0.151 e. The van der Waals surface area contributed by atoms with E-state index >= 15 is 0 Å². The Kier molecular flexibility index (Phi) is 2.48. The topological polar surface area (TPSA) is 40.7 Å². The van der Waals surface area contributed by atoms with Crippen LogP contribution in [0.1, 0.15) is 50.8 Å². The molecule has 3 nitrogen and oxygen atoms in total. The number of fused-ring (bicyclic) bond motifs is 1. The predicted octanol–water partition coefficient (Wildman–Crippen LogP) is 2.67. The van der Waals surface area contributed by atoms with E-state index in [2.05, 4.69) is 36.3 Å². The molecule has 1 heterocycles. The van der Waals surface area contributed by atoms with Gasteiger partial charge in [0.25, 0.3) is 0 Å². The van der Waals surface area contributed by atoms with Gasteiger partial charge in [0, 0.05) is 17.3 Å². The number of hydrogen-bond donors (Lipinski definition) is 2. The van der Waals surface area contributed by atoms with E-state index in [0.29, 0.717) is 12.0 Å². The van der Waals surface area contributed by atoms with Gasteiger partial charge in [0.2, 0.25) is 0 Å². The minimum atomic E-state index is 0.458. The Morgan fingerprint density at radius 3 is 3.00 bits per heavy atom. The standard InChI is InChI=1S/C11H19N3/c1-7(2)12-11-9-6-4-5-8(3)10(9)13-14-11/h7-8H,4-6H2,1-3H3,(H2,12,13,14). The molecule has 14 heavy (non-hydrogen) atoms. The monoisotopic (exact) mass is 193 g/mol. The molecule has 0 amide bonds. The Morgan fingerprint density at radius 2 is 2.29 bits per heavy atom. The molecule has 78 valence electrons. The predicted molar refractivity (Wildman–Crippen MR) is 58.7 cm³/mol. The lowest BCUT2D eigenvalue weighted by atomic mass is 9.89. The van der Waals surface area contributed by atoms with Crippen LogP contribution >= 0.6 is 0 Å². The van der Waals surface area contributed by atoms with Gasteiger partial charge in [-0.25, -0.2) is 0 Å². The molecule has 3 heteroatoms. The van der Waals surface area contributed by atoms with Crippen molar-refractivity contribution in [3.8, 4) is 0 Å². The molecule has 1 unspecified atom stereocenters. The number of aromatic amines is 1. The van der Waals surface area contributed by atoms with Gasteiger partial charge in [0.1, 0.15) is 0 Å². The van der Waals surface area contributed by atoms with Gasteiger partial charge in [-0.2, -0.15) is 5.10 Å². The second kappa shape index (κ2) is 3.64. The lowest BCUT2D eigenvalue weighted by molar-refractivity contribution is 0.578. The first kappa shape index (κ1) is 9.56. The summed E-state index contributed by atoms with van der Waals surface area (Å²) in [6.07, 6.45) is 3.75. The van der Waals surface area contributed by atoms with Crippen LogP contribution < -0.4 is 5.32 Å². The van der Waals surface area contributed by atoms with Gasteiger partial charge in [0.15, 0.2) is 5.82 Å². The van der Waals surface area contributed by atoms with Gasteiger partial charge in [-0.3, -0.25) is 5.10 Å². The van der Waals surface area contributed by atoms with Crippen LogP contribution in [0.3, 0.4) is 0 Å². The zero-order valence-electron chi connectivity index (χ0n) is 9.22. The Morgan fingerprint density at radius 1 is 1.50 bits per heavy atom. The molecule has 0 aromatic carbocycles. The van der Waals surface area contributed by atoms with Gasteiger partial charge in [-0.1, -0.05) is 6.92 Å². The van der Waals surface area contributed by atoms with E-state index in [0.717, 1.165) is 5.82 Å². The fraction of sp³-hybridized carbons (Fsp3) is 0.727. The van der Waals surface area contributed by atoms with Crippen LogP contribution in [0.25, 0.3) is 0 Å². The fourth-order valence-corrected chi connectivity index (χ4v) is 2.16. The van der Waals surface area contributed by atoms with E-state index < -0.39 is 0 Å². The van der Waals surface area contributed by atoms with Crippen molar-refractivity contribution in [1.82, 2.24) is 10.2 Å². The summed E-state index contributed by atoms with van der Waals surface area (Å²) in [7, 11) is 0. The molecule has 1 atom stereocenters. The summed E-state index contributed by atoms with van der Waals surface area (Å²) in [5.41, 5.74) is 2.76. The van der Waals surface area contributed by atoms with E-state index in [4.69, 9.17) is 0 Å². The van der Waals surface area contributed by atoms with Crippen LogP contribution in [0.2, 0.25) is 0 Å². The summed E-state index contributed by atoms with van der Waals surface area (Å²) in [5, 5.41) is 10.9. The second-order valence-electron chi connectivity index (χ2n) is 4.56. The van der Waals surface area contributed by atoms with Crippen LogP contribution in [0, 0.1) is 0 Å². The van der Waals surface area contributed by atoms with E-state index in [1.165, 1.54) is 30.5 Å². The molecule has 2 N–H and O–H groups in total. The number of rotatable bonds is 2. The Hall–Kier alpha value is -0.990. The molecule has 1 aliphatic rings. The second-order valence-corrected chi connectivity index (χ2v) is 4.56. The first-order chi connectivity index (χ1) is 6.68. The van der Waals surface area contributed by atoms with Crippen LogP contribution in [-0.4, -0.2) is 16.2 Å². The molecule has 1 aromatic heterocycles. The lowest BCUT2D eigenvalue weighted by Crippen LogP contribution is -2.13. The zero-order valence-corrected chi connectivity index (χ0v) is 9.22. The highest BCUT2D eigenvalue weighted by Crippen LogP contribution is 2.33. The number of H-pyrrole nitrogens is 1. The van der Waals surface area contributed by atoms with E-state index in [1.807, 2.05) is 0 Å². The van der Waals surface area contributed by atoms with Gasteiger partial charge in [-0.15, -0.1) is 0 Å². The van der Waals surface area contributed by atoms with Crippen molar-refractivity contribution in [2.24, 2.45) is 0 Å². The van der Waals surface area contributed by atoms with Crippen LogP contribution in [-0.2, 0) is 6.42 Å². The van der Waals surface area contributed by atoms with Gasteiger partial charge < -0.3 is 5.32 Å². The Balaban J connectivity index is 2.26. The largest absolute Gasteiger partial charge is 0.366 e. The van der Waals surface area contributed by atoms with Gasteiger partial charge in [0.05, 0.1) is 0 Å². The quantitative estimate of drug-likeness (QED) is 0.758. The summed E-state index contributed by atoms with van der Waals surface area (Å²) >= 11 is 0. The van der Waals surface area contributed by atoms with Crippen molar-refractivity contribution in [3.05, 3.63) is 11.3 Å². The number of nitrogens with zero attached hydrogens (tertiary/aromatic N) is 1. The number of nitrogens with one attached hydrogen (secondary N) is 2. The molecule has 0 saturated carbocycles. The first-order valence-corrected chi connectivity index (χ1v) is 5.52. The minimum Gasteiger partial charge on any atom is -0.366 e. The summed E-state index contributed by atoms with van der Waals surface area (Å²) in [5.74, 6) is 1.72. The molecular formula is C11H19N3. The normalized spacial score (nSPS) is 21.0. The van der Waals surface area contributed by atoms with Crippen LogP contribution in [0.15, 0.2) is 0 Å². The third-order valence-corrected chi connectivity index (χ3v) is 2.88. The average Bonchev–Trinajstić information content (AvgIpc) is 2.49. The summed E-state index contributed by atoms with van der Waals surface area (Å²) in [6.45, 7) is 6.57. The third kappa shape index (κ3) is 1.63. The highest BCUT2D eigenvalue weighted by atomic mass is 15.2. The molecule has 0 spiro atoms. The maximum atomic E-state index is 4.35. The third-order valence-electron chi connectivity index (χ3n) is 2.88. The molecule has 1 aromatic rings. The Labute approximate surface area is 85.3 Å². The first-order valence-electron chi connectivity index (χ1n) is 5.52. The van der Waals surface area contributed by atoms with E-state index in [1.54, 1.807) is 0 Å². The van der Waals surface area contributed by atoms with Crippen LogP contribution in [0.5, 0.6) is 0 Å². The number of anilines is 1. The van der Waals surface area contributed by atoms with Gasteiger partial charge >= 0.3 is 0 Å². The molecule has 0 fully saturated rings. The fourth-order valence-electron chi connectivity index (χ4n) is 2.16. The van der Waals surface area contributed by atoms with Crippen molar-refractivity contribution >= 4 is 5.82 Å². The molecular weight excluding hydrogens is 174 g/mol. The van der Waals surface area contributed by atoms with Crippen molar-refractivity contribution in [2.75, 3.05) is 5.32 Å². The summed E-state index contributed by atoms with van der Waals surface area (Å²) < 4.78 is 0. The average molecular weight is 193 g/mol. The molecule has 0 saturated heterocycles. The Bertz CT molecular complexity index is 314. The number of aromatic nitrogens is 2. The van der Waals surface area contributed by atoms with Crippen molar-refractivity contribution in [3.63, 3.8) is 0 Å². The number of hydrogen-bond acceptors (Lipinski definition) is 2.